The number of rotatable bonds is 3. The van der Waals surface area contributed by atoms with Crippen molar-refractivity contribution in [2.75, 3.05) is 31.1 Å². The van der Waals surface area contributed by atoms with Crippen LogP contribution < -0.4 is 4.90 Å². The molecule has 1 aromatic heterocycles. The van der Waals surface area contributed by atoms with Gasteiger partial charge in [0.2, 0.25) is 0 Å². The molecule has 22 heavy (non-hydrogen) atoms. The standard InChI is InChI=1S/C16H21FN4O/c1-11(2)20-6-8-21(9-7-20)16-18-15(22-19-16)13-5-4-12(3)10-14(13)17/h4-5,10-11H,6-9H2,1-3H3. The fourth-order valence-corrected chi connectivity index (χ4v) is 2.69. The van der Waals surface area contributed by atoms with Gasteiger partial charge in [-0.3, -0.25) is 4.90 Å². The second-order valence-electron chi connectivity index (χ2n) is 6.00. The summed E-state index contributed by atoms with van der Waals surface area (Å²) >= 11 is 0. The van der Waals surface area contributed by atoms with Crippen LogP contribution in [0.5, 0.6) is 0 Å². The van der Waals surface area contributed by atoms with Crippen molar-refractivity contribution in [2.45, 2.75) is 26.8 Å². The molecule has 1 aliphatic rings. The van der Waals surface area contributed by atoms with Gasteiger partial charge in [0.25, 0.3) is 11.8 Å². The molecule has 0 saturated carbocycles. The topological polar surface area (TPSA) is 45.4 Å². The quantitative estimate of drug-likeness (QED) is 0.872. The van der Waals surface area contributed by atoms with E-state index in [4.69, 9.17) is 4.52 Å². The molecule has 5 nitrogen and oxygen atoms in total. The van der Waals surface area contributed by atoms with Crippen LogP contribution in [0.2, 0.25) is 0 Å². The van der Waals surface area contributed by atoms with Gasteiger partial charge < -0.3 is 9.42 Å². The van der Waals surface area contributed by atoms with E-state index in [2.05, 4.69) is 33.8 Å². The first-order valence-electron chi connectivity index (χ1n) is 7.64. The predicted octanol–water partition coefficient (Wildman–Crippen LogP) is 2.71. The van der Waals surface area contributed by atoms with Crippen molar-refractivity contribution in [3.8, 4) is 11.5 Å². The molecule has 0 atom stereocenters. The number of nitrogens with zero attached hydrogens (tertiary/aromatic N) is 4. The molecule has 3 rings (SSSR count). The van der Waals surface area contributed by atoms with E-state index in [0.29, 0.717) is 17.6 Å². The van der Waals surface area contributed by atoms with Crippen LogP contribution >= 0.6 is 0 Å². The number of hydrogen-bond donors (Lipinski definition) is 0. The predicted molar refractivity (Wildman–Crippen MR) is 83.4 cm³/mol. The summed E-state index contributed by atoms with van der Waals surface area (Å²) in [6.45, 7) is 9.90. The molecule has 6 heteroatoms. The van der Waals surface area contributed by atoms with Gasteiger partial charge in [-0.1, -0.05) is 6.07 Å². The highest BCUT2D eigenvalue weighted by atomic mass is 19.1. The molecule has 2 heterocycles. The van der Waals surface area contributed by atoms with Gasteiger partial charge >= 0.3 is 0 Å². The van der Waals surface area contributed by atoms with Gasteiger partial charge in [-0.25, -0.2) is 4.39 Å². The Bertz CT molecular complexity index is 647. The van der Waals surface area contributed by atoms with Gasteiger partial charge in [0, 0.05) is 32.2 Å². The Labute approximate surface area is 129 Å². The van der Waals surface area contributed by atoms with E-state index in [1.54, 1.807) is 6.07 Å². The molecule has 0 N–H and O–H groups in total. The molecule has 1 aliphatic heterocycles. The molecule has 0 radical (unpaired) electrons. The summed E-state index contributed by atoms with van der Waals surface area (Å²) in [7, 11) is 0. The molecular weight excluding hydrogens is 283 g/mol. The Hall–Kier alpha value is -1.95. The second-order valence-corrected chi connectivity index (χ2v) is 6.00. The molecule has 118 valence electrons. The van der Waals surface area contributed by atoms with Crippen LogP contribution in [0.3, 0.4) is 0 Å². The van der Waals surface area contributed by atoms with Crippen molar-refractivity contribution in [3.05, 3.63) is 29.6 Å². The number of aromatic nitrogens is 2. The maximum atomic E-state index is 14.0. The normalized spacial score (nSPS) is 16.5. The fraction of sp³-hybridized carbons (Fsp3) is 0.500. The lowest BCUT2D eigenvalue weighted by Gasteiger charge is -2.36. The summed E-state index contributed by atoms with van der Waals surface area (Å²) in [5.41, 5.74) is 1.22. The monoisotopic (exact) mass is 304 g/mol. The minimum absolute atomic E-state index is 0.235. The van der Waals surface area contributed by atoms with Crippen LogP contribution in [0.4, 0.5) is 10.3 Å². The van der Waals surface area contributed by atoms with E-state index in [1.165, 1.54) is 6.07 Å². The molecule has 1 fully saturated rings. The molecule has 1 aromatic carbocycles. The third-order valence-electron chi connectivity index (χ3n) is 4.10. The van der Waals surface area contributed by atoms with Crippen LogP contribution in [-0.4, -0.2) is 47.3 Å². The number of aryl methyl sites for hydroxylation is 1. The zero-order valence-electron chi connectivity index (χ0n) is 13.2. The Morgan fingerprint density at radius 2 is 1.91 bits per heavy atom. The fourth-order valence-electron chi connectivity index (χ4n) is 2.69. The molecule has 0 bridgehead atoms. The van der Waals surface area contributed by atoms with Crippen molar-refractivity contribution in [1.82, 2.24) is 15.0 Å². The van der Waals surface area contributed by atoms with E-state index in [1.807, 2.05) is 13.0 Å². The van der Waals surface area contributed by atoms with Crippen molar-refractivity contribution in [3.63, 3.8) is 0 Å². The average Bonchev–Trinajstić information content (AvgIpc) is 2.97. The van der Waals surface area contributed by atoms with E-state index in [0.717, 1.165) is 31.7 Å². The van der Waals surface area contributed by atoms with Gasteiger partial charge in [-0.05, 0) is 43.6 Å². The summed E-state index contributed by atoms with van der Waals surface area (Å²) in [5, 5.41) is 4.00. The lowest BCUT2D eigenvalue weighted by molar-refractivity contribution is 0.208. The molecule has 2 aromatic rings. The summed E-state index contributed by atoms with van der Waals surface area (Å²) in [6.07, 6.45) is 0. The SMILES string of the molecule is Cc1ccc(-c2nc(N3CCN(C(C)C)CC3)no2)c(F)c1. The van der Waals surface area contributed by atoms with Gasteiger partial charge in [-0.15, -0.1) is 0 Å². The molecule has 0 spiro atoms. The highest BCUT2D eigenvalue weighted by Gasteiger charge is 2.23. The first kappa shape index (κ1) is 15.0. The summed E-state index contributed by atoms with van der Waals surface area (Å²) in [6, 6.07) is 5.54. The van der Waals surface area contributed by atoms with Crippen molar-refractivity contribution < 1.29 is 8.91 Å². The minimum Gasteiger partial charge on any atom is -0.336 e. The van der Waals surface area contributed by atoms with Crippen LogP contribution in [0.25, 0.3) is 11.5 Å². The smallest absolute Gasteiger partial charge is 0.266 e. The number of halogens is 1. The second kappa shape index (κ2) is 6.04. The first-order valence-corrected chi connectivity index (χ1v) is 7.64. The zero-order chi connectivity index (χ0) is 15.7. The minimum atomic E-state index is -0.333. The Morgan fingerprint density at radius 1 is 1.18 bits per heavy atom. The van der Waals surface area contributed by atoms with Crippen molar-refractivity contribution in [1.29, 1.82) is 0 Å². The van der Waals surface area contributed by atoms with E-state index in [-0.39, 0.29) is 11.7 Å². The average molecular weight is 304 g/mol. The highest BCUT2D eigenvalue weighted by molar-refractivity contribution is 5.56. The molecule has 0 unspecified atom stereocenters. The summed E-state index contributed by atoms with van der Waals surface area (Å²) in [5.74, 6) is 0.442. The van der Waals surface area contributed by atoms with Crippen LogP contribution in [0.15, 0.2) is 22.7 Å². The number of anilines is 1. The van der Waals surface area contributed by atoms with E-state index in [9.17, 15) is 4.39 Å². The highest BCUT2D eigenvalue weighted by Crippen LogP contribution is 2.24. The van der Waals surface area contributed by atoms with E-state index >= 15 is 0 Å². The van der Waals surface area contributed by atoms with Crippen LogP contribution in [-0.2, 0) is 0 Å². The number of benzene rings is 1. The molecule has 0 aliphatic carbocycles. The summed E-state index contributed by atoms with van der Waals surface area (Å²) < 4.78 is 19.2. The van der Waals surface area contributed by atoms with E-state index < -0.39 is 0 Å². The molecule has 1 saturated heterocycles. The van der Waals surface area contributed by atoms with Crippen LogP contribution in [0, 0.1) is 12.7 Å². The van der Waals surface area contributed by atoms with Crippen molar-refractivity contribution >= 4 is 5.95 Å². The van der Waals surface area contributed by atoms with Gasteiger partial charge in [0.1, 0.15) is 5.82 Å². The third kappa shape index (κ3) is 2.97. The number of piperazine rings is 1. The third-order valence-corrected chi connectivity index (χ3v) is 4.10. The van der Waals surface area contributed by atoms with Gasteiger partial charge in [0.15, 0.2) is 0 Å². The number of hydrogen-bond acceptors (Lipinski definition) is 5. The summed E-state index contributed by atoms with van der Waals surface area (Å²) in [4.78, 5) is 8.85. The Kier molecular flexibility index (Phi) is 4.11. The Balaban J connectivity index is 1.74. The van der Waals surface area contributed by atoms with Gasteiger partial charge in [-0.2, -0.15) is 4.98 Å². The largest absolute Gasteiger partial charge is 0.336 e. The maximum Gasteiger partial charge on any atom is 0.266 e. The lowest BCUT2D eigenvalue weighted by atomic mass is 10.1. The van der Waals surface area contributed by atoms with Crippen LogP contribution in [0.1, 0.15) is 19.4 Å². The Morgan fingerprint density at radius 3 is 2.55 bits per heavy atom. The zero-order valence-corrected chi connectivity index (χ0v) is 13.2. The van der Waals surface area contributed by atoms with Crippen molar-refractivity contribution in [2.24, 2.45) is 0 Å². The maximum absolute atomic E-state index is 14.0. The lowest BCUT2D eigenvalue weighted by Crippen LogP contribution is -2.49. The molecule has 0 amide bonds. The first-order chi connectivity index (χ1) is 10.5. The molecular formula is C16H21FN4O. The van der Waals surface area contributed by atoms with Gasteiger partial charge in [0.05, 0.1) is 5.56 Å².